The molecule has 0 N–H and O–H groups in total. The minimum absolute atomic E-state index is 0.885. The molecule has 2 heterocycles. The molecule has 0 atom stereocenters. The fourth-order valence-corrected chi connectivity index (χ4v) is 1.94. The smallest absolute Gasteiger partial charge is 0.122 e. The standard InChI is InChI=1S/C9H13N3/c1-2-8(1)12-6-5-11-4-3-10-9(11)7-12/h3-4,8H,1-2,5-7H2. The van der Waals surface area contributed by atoms with E-state index >= 15 is 0 Å². The first-order chi connectivity index (χ1) is 5.93. The van der Waals surface area contributed by atoms with Crippen LogP contribution < -0.4 is 0 Å². The minimum atomic E-state index is 0.885. The van der Waals surface area contributed by atoms with Crippen molar-refractivity contribution in [2.75, 3.05) is 6.54 Å². The van der Waals surface area contributed by atoms with E-state index in [0.29, 0.717) is 0 Å². The lowest BCUT2D eigenvalue weighted by atomic mass is 10.3. The fraction of sp³-hybridized carbons (Fsp3) is 0.667. The molecule has 1 fully saturated rings. The maximum Gasteiger partial charge on any atom is 0.122 e. The Labute approximate surface area is 72.0 Å². The summed E-state index contributed by atoms with van der Waals surface area (Å²) in [6.45, 7) is 3.41. The maximum absolute atomic E-state index is 4.34. The average Bonchev–Trinajstić information content (AvgIpc) is 2.84. The summed E-state index contributed by atoms with van der Waals surface area (Å²) in [5.74, 6) is 1.24. The summed E-state index contributed by atoms with van der Waals surface area (Å²) >= 11 is 0. The molecule has 0 radical (unpaired) electrons. The molecule has 0 unspecified atom stereocenters. The zero-order valence-corrected chi connectivity index (χ0v) is 7.11. The monoisotopic (exact) mass is 163 g/mol. The van der Waals surface area contributed by atoms with Crippen LogP contribution in [0.1, 0.15) is 18.7 Å². The molecular formula is C9H13N3. The zero-order chi connectivity index (χ0) is 7.97. The van der Waals surface area contributed by atoms with Gasteiger partial charge in [0, 0.05) is 31.5 Å². The molecule has 64 valence electrons. The van der Waals surface area contributed by atoms with Crippen LogP contribution in [0.3, 0.4) is 0 Å². The molecule has 0 spiro atoms. The van der Waals surface area contributed by atoms with Gasteiger partial charge in [0.25, 0.3) is 0 Å². The van der Waals surface area contributed by atoms with E-state index in [9.17, 15) is 0 Å². The molecule has 1 aliphatic heterocycles. The van der Waals surface area contributed by atoms with Crippen molar-refractivity contribution in [2.24, 2.45) is 0 Å². The van der Waals surface area contributed by atoms with E-state index in [0.717, 1.165) is 19.1 Å². The molecule has 3 rings (SSSR count). The molecular weight excluding hydrogens is 150 g/mol. The Bertz CT molecular complexity index is 288. The van der Waals surface area contributed by atoms with Crippen LogP contribution in [-0.4, -0.2) is 27.0 Å². The van der Waals surface area contributed by atoms with Gasteiger partial charge in [-0.3, -0.25) is 4.90 Å². The van der Waals surface area contributed by atoms with Gasteiger partial charge in [-0.1, -0.05) is 0 Å². The van der Waals surface area contributed by atoms with Crippen LogP contribution in [0.2, 0.25) is 0 Å². The predicted octanol–water partition coefficient (Wildman–Crippen LogP) is 0.861. The molecule has 0 amide bonds. The van der Waals surface area contributed by atoms with E-state index in [1.54, 1.807) is 0 Å². The predicted molar refractivity (Wildman–Crippen MR) is 45.7 cm³/mol. The van der Waals surface area contributed by atoms with Crippen LogP contribution in [0.25, 0.3) is 0 Å². The summed E-state index contributed by atoms with van der Waals surface area (Å²) in [5, 5.41) is 0. The number of nitrogens with zero attached hydrogens (tertiary/aromatic N) is 3. The van der Waals surface area contributed by atoms with Crippen LogP contribution in [0.5, 0.6) is 0 Å². The fourth-order valence-electron chi connectivity index (χ4n) is 1.94. The van der Waals surface area contributed by atoms with Crippen molar-refractivity contribution in [3.8, 4) is 0 Å². The summed E-state index contributed by atoms with van der Waals surface area (Å²) < 4.78 is 2.26. The van der Waals surface area contributed by atoms with E-state index in [-0.39, 0.29) is 0 Å². The van der Waals surface area contributed by atoms with E-state index in [2.05, 4.69) is 20.6 Å². The van der Waals surface area contributed by atoms with E-state index < -0.39 is 0 Å². The van der Waals surface area contributed by atoms with Gasteiger partial charge in [-0.05, 0) is 12.8 Å². The molecule has 2 aliphatic rings. The van der Waals surface area contributed by atoms with Crippen LogP contribution in [0.4, 0.5) is 0 Å². The van der Waals surface area contributed by atoms with Gasteiger partial charge in [-0.25, -0.2) is 4.98 Å². The largest absolute Gasteiger partial charge is 0.333 e. The highest BCUT2D eigenvalue weighted by Crippen LogP contribution is 2.29. The van der Waals surface area contributed by atoms with Gasteiger partial charge in [0.05, 0.1) is 6.54 Å². The van der Waals surface area contributed by atoms with Gasteiger partial charge in [0.2, 0.25) is 0 Å². The third-order valence-electron chi connectivity index (χ3n) is 2.84. The Hall–Kier alpha value is -0.830. The Morgan fingerprint density at radius 3 is 3.08 bits per heavy atom. The second-order valence-electron chi connectivity index (χ2n) is 3.74. The third kappa shape index (κ3) is 0.966. The summed E-state index contributed by atoms with van der Waals surface area (Å²) in [5.41, 5.74) is 0. The minimum Gasteiger partial charge on any atom is -0.333 e. The highest BCUT2D eigenvalue weighted by molar-refractivity contribution is 4.98. The average molecular weight is 163 g/mol. The van der Waals surface area contributed by atoms with Crippen molar-refractivity contribution in [3.63, 3.8) is 0 Å². The summed E-state index contributed by atoms with van der Waals surface area (Å²) in [6.07, 6.45) is 6.80. The Kier molecular flexibility index (Phi) is 1.29. The lowest BCUT2D eigenvalue weighted by molar-refractivity contribution is 0.207. The number of aromatic nitrogens is 2. The van der Waals surface area contributed by atoms with Crippen LogP contribution in [0.15, 0.2) is 12.4 Å². The maximum atomic E-state index is 4.34. The molecule has 1 saturated carbocycles. The third-order valence-corrected chi connectivity index (χ3v) is 2.84. The van der Waals surface area contributed by atoms with Crippen LogP contribution in [-0.2, 0) is 13.1 Å². The van der Waals surface area contributed by atoms with Gasteiger partial charge in [0.1, 0.15) is 5.82 Å². The van der Waals surface area contributed by atoms with Crippen LogP contribution >= 0.6 is 0 Å². The summed E-state index contributed by atoms with van der Waals surface area (Å²) in [7, 11) is 0. The second-order valence-corrected chi connectivity index (χ2v) is 3.74. The van der Waals surface area contributed by atoms with Crippen molar-refractivity contribution in [1.82, 2.24) is 14.5 Å². The SMILES string of the molecule is c1cn2c(n1)CN(C1CC1)CC2. The molecule has 1 aliphatic carbocycles. The molecule has 0 aromatic carbocycles. The normalized spacial score (nSPS) is 24.0. The highest BCUT2D eigenvalue weighted by Gasteiger charge is 2.31. The van der Waals surface area contributed by atoms with Gasteiger partial charge in [0.15, 0.2) is 0 Å². The second kappa shape index (κ2) is 2.33. The Balaban J connectivity index is 1.83. The van der Waals surface area contributed by atoms with Crippen molar-refractivity contribution < 1.29 is 0 Å². The van der Waals surface area contributed by atoms with Gasteiger partial charge in [-0.2, -0.15) is 0 Å². The van der Waals surface area contributed by atoms with Crippen molar-refractivity contribution in [1.29, 1.82) is 0 Å². The van der Waals surface area contributed by atoms with E-state index in [1.165, 1.54) is 25.2 Å². The molecule has 1 aromatic rings. The van der Waals surface area contributed by atoms with Crippen molar-refractivity contribution in [3.05, 3.63) is 18.2 Å². The van der Waals surface area contributed by atoms with Gasteiger partial charge >= 0.3 is 0 Å². The highest BCUT2D eigenvalue weighted by atomic mass is 15.3. The van der Waals surface area contributed by atoms with Crippen LogP contribution in [0, 0.1) is 0 Å². The van der Waals surface area contributed by atoms with Gasteiger partial charge in [-0.15, -0.1) is 0 Å². The quantitative estimate of drug-likeness (QED) is 0.612. The molecule has 0 bridgehead atoms. The van der Waals surface area contributed by atoms with E-state index in [4.69, 9.17) is 0 Å². The summed E-state index contributed by atoms with van der Waals surface area (Å²) in [6, 6.07) is 0.885. The molecule has 1 aromatic heterocycles. The molecule has 0 saturated heterocycles. The lowest BCUT2D eigenvalue weighted by Gasteiger charge is -2.27. The lowest BCUT2D eigenvalue weighted by Crippen LogP contribution is -2.35. The van der Waals surface area contributed by atoms with E-state index in [1.807, 2.05) is 6.20 Å². The number of hydrogen-bond donors (Lipinski definition) is 0. The number of imidazole rings is 1. The molecule has 3 heteroatoms. The van der Waals surface area contributed by atoms with Crippen molar-refractivity contribution >= 4 is 0 Å². The number of hydrogen-bond acceptors (Lipinski definition) is 2. The number of fused-ring (bicyclic) bond motifs is 1. The molecule has 3 nitrogen and oxygen atoms in total. The first-order valence-electron chi connectivity index (χ1n) is 4.67. The Morgan fingerprint density at radius 1 is 1.33 bits per heavy atom. The first-order valence-corrected chi connectivity index (χ1v) is 4.67. The summed E-state index contributed by atoms with van der Waals surface area (Å²) in [4.78, 5) is 6.90. The number of rotatable bonds is 1. The Morgan fingerprint density at radius 2 is 2.25 bits per heavy atom. The van der Waals surface area contributed by atoms with Crippen molar-refractivity contribution in [2.45, 2.75) is 32.0 Å². The molecule has 12 heavy (non-hydrogen) atoms. The van der Waals surface area contributed by atoms with Gasteiger partial charge < -0.3 is 4.57 Å². The first kappa shape index (κ1) is 6.66. The zero-order valence-electron chi connectivity index (χ0n) is 7.11. The topological polar surface area (TPSA) is 21.1 Å².